The van der Waals surface area contributed by atoms with Crippen LogP contribution in [0, 0.1) is 11.7 Å². The Hall–Kier alpha value is -3.25. The Morgan fingerprint density at radius 1 is 1.09 bits per heavy atom. The average Bonchev–Trinajstić information content (AvgIpc) is 3.23. The van der Waals surface area contributed by atoms with Gasteiger partial charge in [0.1, 0.15) is 17.3 Å². The molecule has 5 rings (SSSR count). The van der Waals surface area contributed by atoms with Crippen LogP contribution in [0.25, 0.3) is 0 Å². The second-order valence-electron chi connectivity index (χ2n) is 8.94. The zero-order valence-electron chi connectivity index (χ0n) is 18.7. The molecule has 0 spiro atoms. The number of aromatic nitrogens is 1. The van der Waals surface area contributed by atoms with Crippen LogP contribution in [0.2, 0.25) is 0 Å². The molecule has 170 valence electrons. The number of ether oxygens (including phenoxy) is 1. The molecule has 3 atom stereocenters. The van der Waals surface area contributed by atoms with Crippen LogP contribution in [-0.4, -0.2) is 53.5 Å². The minimum absolute atomic E-state index is 0.0172. The smallest absolute Gasteiger partial charge is 0.272 e. The fourth-order valence-corrected chi connectivity index (χ4v) is 5.41. The molecule has 3 heterocycles. The van der Waals surface area contributed by atoms with E-state index in [0.29, 0.717) is 12.2 Å². The third kappa shape index (κ3) is 4.48. The van der Waals surface area contributed by atoms with Crippen LogP contribution in [0.1, 0.15) is 34.0 Å². The van der Waals surface area contributed by atoms with E-state index in [2.05, 4.69) is 22.0 Å². The number of carbonyl (C=O) groups is 1. The summed E-state index contributed by atoms with van der Waals surface area (Å²) in [6.45, 7) is 3.27. The van der Waals surface area contributed by atoms with E-state index < -0.39 is 0 Å². The SMILES string of the molecule is COc1cccc(CN2CC[C@@H]3[C@H](C2)[C@@H](c2ccc(F)cc2)CN3C(=O)c2ccccn2)c1. The van der Waals surface area contributed by atoms with Crippen molar-refractivity contribution in [2.45, 2.75) is 24.9 Å². The molecule has 3 aromatic rings. The molecule has 1 aromatic heterocycles. The maximum atomic E-state index is 13.6. The van der Waals surface area contributed by atoms with E-state index in [1.807, 2.05) is 41.3 Å². The standard InChI is InChI=1S/C27H28FN3O2/c1-33-22-6-4-5-19(15-22)16-30-14-12-26-24(17-30)23(20-8-10-21(28)11-9-20)18-31(26)27(32)25-7-2-3-13-29-25/h2-11,13,15,23-24,26H,12,14,16-18H2,1H3/t23-,24-,26-/m1/s1. The highest BCUT2D eigenvalue weighted by Gasteiger charge is 2.47. The minimum Gasteiger partial charge on any atom is -0.497 e. The van der Waals surface area contributed by atoms with E-state index in [1.54, 1.807) is 19.4 Å². The number of halogens is 1. The van der Waals surface area contributed by atoms with Gasteiger partial charge in [0, 0.05) is 50.3 Å². The number of pyridine rings is 1. The molecular weight excluding hydrogens is 417 g/mol. The predicted octanol–water partition coefficient (Wildman–Crippen LogP) is 4.36. The quantitative estimate of drug-likeness (QED) is 0.586. The molecular formula is C27H28FN3O2. The number of fused-ring (bicyclic) bond motifs is 1. The number of nitrogens with zero attached hydrogens (tertiary/aromatic N) is 3. The molecule has 2 aliphatic rings. The summed E-state index contributed by atoms with van der Waals surface area (Å²) in [6.07, 6.45) is 2.57. The molecule has 0 bridgehead atoms. The normalized spacial score (nSPS) is 22.7. The van der Waals surface area contributed by atoms with Gasteiger partial charge in [-0.1, -0.05) is 30.3 Å². The molecule has 2 aliphatic heterocycles. The number of rotatable bonds is 5. The van der Waals surface area contributed by atoms with Gasteiger partial charge in [-0.2, -0.15) is 0 Å². The molecule has 2 fully saturated rings. The van der Waals surface area contributed by atoms with E-state index in [-0.39, 0.29) is 29.6 Å². The van der Waals surface area contributed by atoms with Crippen LogP contribution in [0.5, 0.6) is 5.75 Å². The lowest BCUT2D eigenvalue weighted by molar-refractivity contribution is 0.0608. The maximum Gasteiger partial charge on any atom is 0.272 e. The van der Waals surface area contributed by atoms with Crippen LogP contribution in [0.15, 0.2) is 72.9 Å². The van der Waals surface area contributed by atoms with Crippen molar-refractivity contribution in [1.29, 1.82) is 0 Å². The van der Waals surface area contributed by atoms with Crippen molar-refractivity contribution in [2.75, 3.05) is 26.7 Å². The summed E-state index contributed by atoms with van der Waals surface area (Å²) < 4.78 is 19.0. The highest BCUT2D eigenvalue weighted by molar-refractivity contribution is 5.92. The number of hydrogen-bond acceptors (Lipinski definition) is 4. The Bertz CT molecular complexity index is 1110. The van der Waals surface area contributed by atoms with Gasteiger partial charge in [0.2, 0.25) is 0 Å². The summed E-state index contributed by atoms with van der Waals surface area (Å²) in [5.41, 5.74) is 2.78. The first-order chi connectivity index (χ1) is 16.1. The van der Waals surface area contributed by atoms with Crippen molar-refractivity contribution in [2.24, 2.45) is 5.92 Å². The largest absolute Gasteiger partial charge is 0.497 e. The number of carbonyl (C=O) groups excluding carboxylic acids is 1. The zero-order chi connectivity index (χ0) is 22.8. The fourth-order valence-electron chi connectivity index (χ4n) is 5.41. The summed E-state index contributed by atoms with van der Waals surface area (Å²) >= 11 is 0. The molecule has 33 heavy (non-hydrogen) atoms. The summed E-state index contributed by atoms with van der Waals surface area (Å²) in [4.78, 5) is 22.1. The van der Waals surface area contributed by atoms with Crippen molar-refractivity contribution in [1.82, 2.24) is 14.8 Å². The van der Waals surface area contributed by atoms with Gasteiger partial charge < -0.3 is 9.64 Å². The summed E-state index contributed by atoms with van der Waals surface area (Å²) in [5.74, 6) is 1.05. The lowest BCUT2D eigenvalue weighted by Gasteiger charge is -2.39. The first-order valence-corrected chi connectivity index (χ1v) is 11.4. The minimum atomic E-state index is -0.238. The van der Waals surface area contributed by atoms with Gasteiger partial charge in [0.15, 0.2) is 0 Å². The van der Waals surface area contributed by atoms with E-state index >= 15 is 0 Å². The Kier molecular flexibility index (Phi) is 6.09. The molecule has 2 saturated heterocycles. The third-order valence-electron chi connectivity index (χ3n) is 7.00. The van der Waals surface area contributed by atoms with Crippen LogP contribution in [0.3, 0.4) is 0 Å². The lowest BCUT2D eigenvalue weighted by Crippen LogP contribution is -2.47. The average molecular weight is 446 g/mol. The lowest BCUT2D eigenvalue weighted by atomic mass is 9.81. The van der Waals surface area contributed by atoms with Gasteiger partial charge in [0.25, 0.3) is 5.91 Å². The van der Waals surface area contributed by atoms with E-state index in [1.165, 1.54) is 17.7 Å². The molecule has 0 N–H and O–H groups in total. The summed E-state index contributed by atoms with van der Waals surface area (Å²) in [5, 5.41) is 0. The van der Waals surface area contributed by atoms with Crippen LogP contribution in [-0.2, 0) is 6.54 Å². The summed E-state index contributed by atoms with van der Waals surface area (Å²) in [6, 6.07) is 20.5. The second-order valence-corrected chi connectivity index (χ2v) is 8.94. The molecule has 0 saturated carbocycles. The van der Waals surface area contributed by atoms with Crippen LogP contribution >= 0.6 is 0 Å². The highest BCUT2D eigenvalue weighted by Crippen LogP contribution is 2.42. The fraction of sp³-hybridized carbons (Fsp3) is 0.333. The number of benzene rings is 2. The molecule has 0 radical (unpaired) electrons. The number of piperidine rings is 1. The second kappa shape index (κ2) is 9.32. The molecule has 0 aliphatic carbocycles. The van der Waals surface area contributed by atoms with Gasteiger partial charge in [-0.3, -0.25) is 14.7 Å². The van der Waals surface area contributed by atoms with Gasteiger partial charge in [-0.25, -0.2) is 4.39 Å². The topological polar surface area (TPSA) is 45.7 Å². The Morgan fingerprint density at radius 3 is 2.70 bits per heavy atom. The molecule has 0 unspecified atom stereocenters. The number of likely N-dealkylation sites (tertiary alicyclic amines) is 2. The third-order valence-corrected chi connectivity index (χ3v) is 7.00. The van der Waals surface area contributed by atoms with Crippen LogP contribution in [0.4, 0.5) is 4.39 Å². The Balaban J connectivity index is 1.40. The number of methoxy groups -OCH3 is 1. The van der Waals surface area contributed by atoms with Crippen molar-refractivity contribution in [3.63, 3.8) is 0 Å². The monoisotopic (exact) mass is 445 g/mol. The van der Waals surface area contributed by atoms with Crippen molar-refractivity contribution >= 4 is 5.91 Å². The van der Waals surface area contributed by atoms with Crippen molar-refractivity contribution in [3.05, 3.63) is 95.6 Å². The maximum absolute atomic E-state index is 13.6. The highest BCUT2D eigenvalue weighted by atomic mass is 19.1. The van der Waals surface area contributed by atoms with Crippen LogP contribution < -0.4 is 4.74 Å². The molecule has 1 amide bonds. The van der Waals surface area contributed by atoms with E-state index in [9.17, 15) is 9.18 Å². The predicted molar refractivity (Wildman–Crippen MR) is 125 cm³/mol. The molecule has 5 nitrogen and oxygen atoms in total. The van der Waals surface area contributed by atoms with Crippen molar-refractivity contribution < 1.29 is 13.9 Å². The molecule has 2 aromatic carbocycles. The first kappa shape index (κ1) is 21.6. The van der Waals surface area contributed by atoms with E-state index in [4.69, 9.17) is 4.74 Å². The Morgan fingerprint density at radius 2 is 1.94 bits per heavy atom. The number of amides is 1. The zero-order valence-corrected chi connectivity index (χ0v) is 18.7. The Labute approximate surface area is 193 Å². The van der Waals surface area contributed by atoms with Gasteiger partial charge in [-0.15, -0.1) is 0 Å². The van der Waals surface area contributed by atoms with Crippen molar-refractivity contribution in [3.8, 4) is 5.75 Å². The molecule has 6 heteroatoms. The van der Waals surface area contributed by atoms with Gasteiger partial charge in [0.05, 0.1) is 7.11 Å². The first-order valence-electron chi connectivity index (χ1n) is 11.4. The van der Waals surface area contributed by atoms with Gasteiger partial charge >= 0.3 is 0 Å². The van der Waals surface area contributed by atoms with E-state index in [0.717, 1.165) is 37.4 Å². The van der Waals surface area contributed by atoms with Gasteiger partial charge in [-0.05, 0) is 53.9 Å². The summed E-state index contributed by atoms with van der Waals surface area (Å²) in [7, 11) is 1.68. The number of hydrogen-bond donors (Lipinski definition) is 0.